The summed E-state index contributed by atoms with van der Waals surface area (Å²) in [5.74, 6) is 3.22. The van der Waals surface area contributed by atoms with E-state index in [9.17, 15) is 10.2 Å². The predicted octanol–water partition coefficient (Wildman–Crippen LogP) is 5.70. The maximum atomic E-state index is 11.8. The number of aromatic nitrogens is 2. The van der Waals surface area contributed by atoms with Gasteiger partial charge in [-0.1, -0.05) is 27.2 Å². The molecule has 0 bridgehead atoms. The van der Waals surface area contributed by atoms with Crippen molar-refractivity contribution in [2.45, 2.75) is 116 Å². The molecule has 4 fully saturated rings. The van der Waals surface area contributed by atoms with Gasteiger partial charge in [-0.2, -0.15) is 10.4 Å². The van der Waals surface area contributed by atoms with Gasteiger partial charge in [-0.15, -0.1) is 0 Å². The second-order valence-electron chi connectivity index (χ2n) is 13.5. The molecule has 4 aliphatic carbocycles. The van der Waals surface area contributed by atoms with Crippen LogP contribution in [0.15, 0.2) is 12.4 Å². The van der Waals surface area contributed by atoms with Crippen LogP contribution in [0.4, 0.5) is 0 Å². The third kappa shape index (κ3) is 3.84. The number of nitriles is 1. The van der Waals surface area contributed by atoms with Gasteiger partial charge < -0.3 is 10.2 Å². The van der Waals surface area contributed by atoms with Crippen molar-refractivity contribution in [1.82, 2.24) is 9.78 Å². The summed E-state index contributed by atoms with van der Waals surface area (Å²) in [5, 5.41) is 36.4. The Labute approximate surface area is 205 Å². The molecule has 1 heterocycles. The number of hydrogen-bond donors (Lipinski definition) is 2. The summed E-state index contributed by atoms with van der Waals surface area (Å²) in [6.45, 7) is 9.58. The van der Waals surface area contributed by atoms with Crippen molar-refractivity contribution in [3.63, 3.8) is 0 Å². The zero-order valence-corrected chi connectivity index (χ0v) is 21.8. The lowest BCUT2D eigenvalue weighted by atomic mass is 9.41. The number of aliphatic hydroxyl groups is 2. The maximum Gasteiger partial charge on any atom is 0.102 e. The summed E-state index contributed by atoms with van der Waals surface area (Å²) in [4.78, 5) is 0. The number of hydrogen-bond acceptors (Lipinski definition) is 4. The molecule has 0 unspecified atom stereocenters. The Morgan fingerprint density at radius 1 is 1.12 bits per heavy atom. The largest absolute Gasteiger partial charge is 0.390 e. The molecule has 0 spiro atoms. The second kappa shape index (κ2) is 8.34. The van der Waals surface area contributed by atoms with E-state index < -0.39 is 11.2 Å². The van der Waals surface area contributed by atoms with Crippen LogP contribution < -0.4 is 0 Å². The summed E-state index contributed by atoms with van der Waals surface area (Å²) < 4.78 is 1.76. The van der Waals surface area contributed by atoms with Gasteiger partial charge in [0.2, 0.25) is 0 Å². The van der Waals surface area contributed by atoms with E-state index in [-0.39, 0.29) is 16.7 Å². The zero-order valence-electron chi connectivity index (χ0n) is 21.8. The quantitative estimate of drug-likeness (QED) is 0.595. The van der Waals surface area contributed by atoms with Crippen LogP contribution in [-0.2, 0) is 6.54 Å². The van der Waals surface area contributed by atoms with Crippen molar-refractivity contribution in [2.75, 3.05) is 0 Å². The molecule has 4 saturated carbocycles. The van der Waals surface area contributed by atoms with Crippen LogP contribution in [0.25, 0.3) is 0 Å². The Morgan fingerprint density at radius 2 is 1.85 bits per heavy atom. The van der Waals surface area contributed by atoms with Crippen LogP contribution in [0.3, 0.4) is 0 Å². The molecule has 188 valence electrons. The predicted molar refractivity (Wildman–Crippen MR) is 133 cm³/mol. The average Bonchev–Trinajstić information content (AvgIpc) is 3.24. The van der Waals surface area contributed by atoms with E-state index in [2.05, 4.69) is 31.9 Å². The fourth-order valence-corrected chi connectivity index (χ4v) is 9.94. The van der Waals surface area contributed by atoms with Gasteiger partial charge in [-0.3, -0.25) is 4.68 Å². The molecule has 0 aromatic carbocycles. The molecule has 5 rings (SSSR count). The summed E-state index contributed by atoms with van der Waals surface area (Å²) in [6.07, 6.45) is 16.0. The highest BCUT2D eigenvalue weighted by atomic mass is 16.3. The Balaban J connectivity index is 1.37. The highest BCUT2D eigenvalue weighted by molar-refractivity contribution is 5.21. The minimum atomic E-state index is -0.843. The minimum Gasteiger partial charge on any atom is -0.390 e. The van der Waals surface area contributed by atoms with Crippen LogP contribution >= 0.6 is 0 Å². The smallest absolute Gasteiger partial charge is 0.102 e. The summed E-state index contributed by atoms with van der Waals surface area (Å²) in [5.41, 5.74) is -0.299. The Bertz CT molecular complexity index is 949. The van der Waals surface area contributed by atoms with Gasteiger partial charge >= 0.3 is 0 Å². The van der Waals surface area contributed by atoms with E-state index in [1.54, 1.807) is 17.1 Å². The molecule has 34 heavy (non-hydrogen) atoms. The first-order valence-corrected chi connectivity index (χ1v) is 13.9. The van der Waals surface area contributed by atoms with Crippen LogP contribution in [0.2, 0.25) is 0 Å². The summed E-state index contributed by atoms with van der Waals surface area (Å²) in [7, 11) is 0. The normalized spacial score (nSPS) is 45.9. The van der Waals surface area contributed by atoms with Gasteiger partial charge in [0.25, 0.3) is 0 Å². The van der Waals surface area contributed by atoms with Crippen molar-refractivity contribution in [1.29, 1.82) is 5.26 Å². The number of fused-ring (bicyclic) bond motifs is 5. The van der Waals surface area contributed by atoms with E-state index in [1.807, 2.05) is 6.92 Å². The minimum absolute atomic E-state index is 0.153. The van der Waals surface area contributed by atoms with Crippen LogP contribution in [-0.4, -0.2) is 31.2 Å². The molecule has 0 amide bonds. The fraction of sp³-hybridized carbons (Fsp3) is 0.862. The molecule has 2 N–H and O–H groups in total. The zero-order chi connectivity index (χ0) is 24.4. The first kappa shape index (κ1) is 24.3. The van der Waals surface area contributed by atoms with Gasteiger partial charge in [-0.25, -0.2) is 0 Å². The Morgan fingerprint density at radius 3 is 2.56 bits per heavy atom. The molecular weight excluding hydrogens is 422 g/mol. The lowest BCUT2D eigenvalue weighted by Crippen LogP contribution is -2.60. The van der Waals surface area contributed by atoms with Crippen LogP contribution in [0.1, 0.15) is 104 Å². The lowest BCUT2D eigenvalue weighted by molar-refractivity contribution is -0.186. The van der Waals surface area contributed by atoms with Gasteiger partial charge in [0.1, 0.15) is 6.07 Å². The van der Waals surface area contributed by atoms with Crippen LogP contribution in [0, 0.1) is 51.8 Å². The van der Waals surface area contributed by atoms with Gasteiger partial charge in [-0.05, 0) is 112 Å². The first-order chi connectivity index (χ1) is 16.0. The summed E-state index contributed by atoms with van der Waals surface area (Å²) >= 11 is 0. The van der Waals surface area contributed by atoms with Crippen molar-refractivity contribution >= 4 is 0 Å². The van der Waals surface area contributed by atoms with E-state index in [1.165, 1.54) is 44.9 Å². The van der Waals surface area contributed by atoms with E-state index in [0.29, 0.717) is 18.0 Å². The molecule has 4 aliphatic rings. The Kier molecular flexibility index (Phi) is 5.97. The molecule has 5 heteroatoms. The molecule has 0 aliphatic heterocycles. The van der Waals surface area contributed by atoms with Crippen molar-refractivity contribution < 1.29 is 10.2 Å². The van der Waals surface area contributed by atoms with Gasteiger partial charge in [0.05, 0.1) is 29.5 Å². The highest BCUT2D eigenvalue weighted by Gasteiger charge is 2.61. The highest BCUT2D eigenvalue weighted by Crippen LogP contribution is 2.67. The second-order valence-corrected chi connectivity index (χ2v) is 13.5. The molecular formula is C29H45N3O2. The monoisotopic (exact) mass is 467 g/mol. The third-order valence-electron chi connectivity index (χ3n) is 11.5. The van der Waals surface area contributed by atoms with E-state index in [4.69, 9.17) is 5.26 Å². The molecule has 0 radical (unpaired) electrons. The van der Waals surface area contributed by atoms with Crippen molar-refractivity contribution in [2.24, 2.45) is 40.4 Å². The fourth-order valence-electron chi connectivity index (χ4n) is 9.94. The van der Waals surface area contributed by atoms with Crippen LogP contribution in [0.5, 0.6) is 0 Å². The molecule has 9 atom stereocenters. The Hall–Kier alpha value is -1.38. The molecule has 1 aromatic heterocycles. The number of rotatable bonds is 4. The average molecular weight is 468 g/mol. The van der Waals surface area contributed by atoms with Crippen molar-refractivity contribution in [3.8, 4) is 6.07 Å². The lowest BCUT2D eigenvalue weighted by Gasteiger charge is -2.64. The topological polar surface area (TPSA) is 82.1 Å². The molecule has 0 saturated heterocycles. The number of nitrogens with zero attached hydrogens (tertiary/aromatic N) is 3. The standard InChI is InChI=1S/C29H45N3O2/c1-5-29(34)14-11-23-21-10-13-27(3)24(22(21)9-12-26(23,2)18-29)7-6-8-25(27)28(4,33)19-32-17-20(15-30)16-31-32/h16-17,21-25,33-34H,5-14,18-19H2,1-4H3/t21-,22+,23+,24-,25-,26+,27-,28+,29+/m0/s1. The SMILES string of the molecule is CC[C@@]1(O)CC[C@@H]2[C@H]3CC[C@@]4(C)[C@@H](CCC[C@@H]4[C@](C)(O)Cn4cc(C#N)cn4)[C@@H]3CC[C@]2(C)C1. The van der Waals surface area contributed by atoms with E-state index in [0.717, 1.165) is 43.4 Å². The van der Waals surface area contributed by atoms with Gasteiger partial charge in [0.15, 0.2) is 0 Å². The third-order valence-corrected chi connectivity index (χ3v) is 11.5. The first-order valence-electron chi connectivity index (χ1n) is 13.9. The molecule has 5 nitrogen and oxygen atoms in total. The molecule has 1 aromatic rings. The maximum absolute atomic E-state index is 11.8. The van der Waals surface area contributed by atoms with E-state index >= 15 is 0 Å². The van der Waals surface area contributed by atoms with Gasteiger partial charge in [0, 0.05) is 6.20 Å². The summed E-state index contributed by atoms with van der Waals surface area (Å²) in [6, 6.07) is 2.15. The van der Waals surface area contributed by atoms with Crippen molar-refractivity contribution in [3.05, 3.63) is 18.0 Å².